The van der Waals surface area contributed by atoms with Gasteiger partial charge in [0.1, 0.15) is 22.8 Å². The Balaban J connectivity index is 2.21. The second kappa shape index (κ2) is 13.8. The molecule has 3 amide bonds. The molecule has 0 radical (unpaired) electrons. The molecule has 2 aliphatic rings. The van der Waals surface area contributed by atoms with E-state index in [4.69, 9.17) is 18.8 Å². The highest BCUT2D eigenvalue weighted by Gasteiger charge is 2.55. The third-order valence-corrected chi connectivity index (χ3v) is 8.16. The molecule has 0 aliphatic carbocycles. The fourth-order valence-electron chi connectivity index (χ4n) is 5.45. The second-order valence-corrected chi connectivity index (χ2v) is 15.6. The number of alkyl carbamates (subject to hydrolysis) is 1. The van der Waals surface area contributed by atoms with Crippen LogP contribution in [0.5, 0.6) is 0 Å². The van der Waals surface area contributed by atoms with E-state index in [1.807, 2.05) is 41.5 Å². The van der Waals surface area contributed by atoms with Crippen LogP contribution >= 0.6 is 0 Å². The second-order valence-electron chi connectivity index (χ2n) is 15.6. The van der Waals surface area contributed by atoms with Gasteiger partial charge >= 0.3 is 25.3 Å². The van der Waals surface area contributed by atoms with Crippen molar-refractivity contribution < 1.29 is 43.1 Å². The summed E-state index contributed by atoms with van der Waals surface area (Å²) in [7, 11) is -0.409. The fraction of sp³-hybridized carbons (Fsp3) is 0.871. The molecule has 252 valence electrons. The number of carbonyl (C=O) groups is 4. The lowest BCUT2D eigenvalue weighted by Crippen LogP contribution is -2.54. The summed E-state index contributed by atoms with van der Waals surface area (Å²) in [5.74, 6) is -1.56. The Morgan fingerprint density at radius 2 is 1.50 bits per heavy atom. The van der Waals surface area contributed by atoms with Crippen LogP contribution in [0.1, 0.15) is 115 Å². The standard InChI is InChI=1S/C31H56BN3O9/c1-20(2)17-22(34-25(39)41-27(3,4)5)23(36)33-21-18-31(24(37)38,35(19-21)26(40)42-28(6,7)8)15-13-14-16-32-43-29(9,10)30(11,12)44-32/h20-22H,13-19H2,1-12H3,(H,33,36)(H,34,39)(H,37,38)/t21-,22+,31-/m1/s1. The summed E-state index contributed by atoms with van der Waals surface area (Å²) in [6.45, 7) is 22.1. The van der Waals surface area contributed by atoms with Crippen LogP contribution in [-0.2, 0) is 28.4 Å². The predicted molar refractivity (Wildman–Crippen MR) is 167 cm³/mol. The van der Waals surface area contributed by atoms with Crippen LogP contribution in [-0.4, -0.2) is 87.8 Å². The Morgan fingerprint density at radius 1 is 0.955 bits per heavy atom. The summed E-state index contributed by atoms with van der Waals surface area (Å²) in [6, 6.07) is -1.58. The van der Waals surface area contributed by atoms with Gasteiger partial charge in [-0.1, -0.05) is 26.7 Å². The van der Waals surface area contributed by atoms with Crippen molar-refractivity contribution in [3.05, 3.63) is 0 Å². The number of ether oxygens (including phenoxy) is 2. The van der Waals surface area contributed by atoms with Gasteiger partial charge in [-0.3, -0.25) is 9.69 Å². The minimum absolute atomic E-state index is 0.00928. The van der Waals surface area contributed by atoms with Crippen LogP contribution < -0.4 is 10.6 Å². The number of carbonyl (C=O) groups excluding carboxylic acids is 3. The van der Waals surface area contributed by atoms with Crippen molar-refractivity contribution in [2.45, 2.75) is 162 Å². The number of nitrogens with one attached hydrogen (secondary N) is 2. The molecule has 0 aromatic rings. The molecule has 2 saturated heterocycles. The number of nitrogens with zero attached hydrogens (tertiary/aromatic N) is 1. The van der Waals surface area contributed by atoms with Crippen LogP contribution in [0.15, 0.2) is 0 Å². The highest BCUT2D eigenvalue weighted by Crippen LogP contribution is 2.40. The van der Waals surface area contributed by atoms with Crippen molar-refractivity contribution in [2.75, 3.05) is 6.54 Å². The number of unbranched alkanes of at least 4 members (excludes halogenated alkanes) is 1. The maximum atomic E-state index is 13.4. The Bertz CT molecular complexity index is 1030. The molecule has 0 unspecified atom stereocenters. The predicted octanol–water partition coefficient (Wildman–Crippen LogP) is 5.14. The smallest absolute Gasteiger partial charge is 0.457 e. The first kappa shape index (κ1) is 37.7. The van der Waals surface area contributed by atoms with E-state index in [0.29, 0.717) is 25.6 Å². The molecule has 44 heavy (non-hydrogen) atoms. The van der Waals surface area contributed by atoms with E-state index in [9.17, 15) is 24.3 Å². The van der Waals surface area contributed by atoms with Crippen molar-refractivity contribution in [3.8, 4) is 0 Å². The third-order valence-electron chi connectivity index (χ3n) is 8.16. The van der Waals surface area contributed by atoms with Crippen molar-refractivity contribution in [2.24, 2.45) is 5.92 Å². The summed E-state index contributed by atoms with van der Waals surface area (Å²) in [5.41, 5.74) is -4.11. The van der Waals surface area contributed by atoms with Gasteiger partial charge in [-0.05, 0) is 94.3 Å². The first-order chi connectivity index (χ1) is 19.9. The lowest BCUT2D eigenvalue weighted by Gasteiger charge is -2.35. The maximum absolute atomic E-state index is 13.4. The van der Waals surface area contributed by atoms with E-state index in [1.54, 1.807) is 41.5 Å². The molecule has 3 N–H and O–H groups in total. The minimum Gasteiger partial charge on any atom is -0.479 e. The van der Waals surface area contributed by atoms with Gasteiger partial charge in [0, 0.05) is 19.0 Å². The highest BCUT2D eigenvalue weighted by atomic mass is 16.7. The van der Waals surface area contributed by atoms with E-state index >= 15 is 0 Å². The molecule has 0 spiro atoms. The largest absolute Gasteiger partial charge is 0.479 e. The molecule has 0 saturated carbocycles. The molecular weight excluding hydrogens is 569 g/mol. The van der Waals surface area contributed by atoms with Gasteiger partial charge in [0.2, 0.25) is 5.91 Å². The van der Waals surface area contributed by atoms with Gasteiger partial charge < -0.3 is 34.5 Å². The molecule has 13 heteroatoms. The fourth-order valence-corrected chi connectivity index (χ4v) is 5.45. The minimum atomic E-state index is -1.59. The Kier molecular flexibility index (Phi) is 11.8. The van der Waals surface area contributed by atoms with Crippen LogP contribution in [0.25, 0.3) is 0 Å². The number of amides is 3. The van der Waals surface area contributed by atoms with Crippen molar-refractivity contribution in [3.63, 3.8) is 0 Å². The van der Waals surface area contributed by atoms with Gasteiger partial charge in [-0.25, -0.2) is 14.4 Å². The van der Waals surface area contributed by atoms with Crippen LogP contribution in [0.3, 0.4) is 0 Å². The summed E-state index contributed by atoms with van der Waals surface area (Å²) in [5, 5.41) is 16.1. The molecule has 2 rings (SSSR count). The normalized spacial score (nSPS) is 23.8. The zero-order valence-electron chi connectivity index (χ0n) is 28.9. The average Bonchev–Trinajstić information content (AvgIpc) is 3.27. The molecule has 0 bridgehead atoms. The van der Waals surface area contributed by atoms with Crippen molar-refractivity contribution in [1.29, 1.82) is 0 Å². The SMILES string of the molecule is CC(C)C[C@H](NC(=O)OC(C)(C)C)C(=O)N[C@H]1CN(C(=O)OC(C)(C)C)[C@@](CCCCB2OC(C)(C)C(C)(C)O2)(C(=O)O)C1. The van der Waals surface area contributed by atoms with E-state index in [2.05, 4.69) is 10.6 Å². The number of likely N-dealkylation sites (tertiary alicyclic amines) is 1. The number of carboxylic acid groups (broad SMARTS) is 1. The Morgan fingerprint density at radius 3 is 1.98 bits per heavy atom. The number of carboxylic acids is 1. The monoisotopic (exact) mass is 625 g/mol. The third kappa shape index (κ3) is 10.3. The topological polar surface area (TPSA) is 153 Å². The van der Waals surface area contributed by atoms with E-state index in [0.717, 1.165) is 0 Å². The lowest BCUT2D eigenvalue weighted by molar-refractivity contribution is -0.150. The van der Waals surface area contributed by atoms with Gasteiger partial charge in [-0.2, -0.15) is 0 Å². The number of hydrogen-bond acceptors (Lipinski definition) is 8. The van der Waals surface area contributed by atoms with Crippen LogP contribution in [0.2, 0.25) is 6.32 Å². The highest BCUT2D eigenvalue weighted by molar-refractivity contribution is 6.45. The van der Waals surface area contributed by atoms with E-state index in [-0.39, 0.29) is 25.3 Å². The zero-order valence-corrected chi connectivity index (χ0v) is 28.9. The zero-order chi connectivity index (χ0) is 33.9. The van der Waals surface area contributed by atoms with Crippen molar-refractivity contribution >= 4 is 31.2 Å². The number of rotatable bonds is 11. The number of aliphatic carboxylic acids is 1. The molecule has 0 aromatic carbocycles. The van der Waals surface area contributed by atoms with Gasteiger partial charge in [0.25, 0.3) is 0 Å². The average molecular weight is 626 g/mol. The first-order valence-electron chi connectivity index (χ1n) is 15.8. The summed E-state index contributed by atoms with van der Waals surface area (Å²) < 4.78 is 23.1. The van der Waals surface area contributed by atoms with Crippen molar-refractivity contribution in [1.82, 2.24) is 15.5 Å². The molecule has 2 fully saturated rings. The summed E-state index contributed by atoms with van der Waals surface area (Å²) in [6.07, 6.45) is 0.673. The van der Waals surface area contributed by atoms with Gasteiger partial charge in [0.05, 0.1) is 11.2 Å². The lowest BCUT2D eigenvalue weighted by atomic mass is 9.80. The van der Waals surface area contributed by atoms with Gasteiger partial charge in [0.15, 0.2) is 0 Å². The molecule has 0 aromatic heterocycles. The van der Waals surface area contributed by atoms with E-state index in [1.165, 1.54) is 4.90 Å². The molecule has 12 nitrogen and oxygen atoms in total. The molecular formula is C31H56BN3O9. The quantitative estimate of drug-likeness (QED) is 0.209. The number of hydrogen-bond donors (Lipinski definition) is 3. The molecule has 2 aliphatic heterocycles. The molecule has 3 atom stereocenters. The Hall–Kier alpha value is -2.54. The van der Waals surface area contributed by atoms with E-state index < -0.39 is 71.2 Å². The first-order valence-corrected chi connectivity index (χ1v) is 15.8. The van der Waals surface area contributed by atoms with Crippen LogP contribution in [0, 0.1) is 5.92 Å². The van der Waals surface area contributed by atoms with Crippen LogP contribution in [0.4, 0.5) is 9.59 Å². The van der Waals surface area contributed by atoms with Gasteiger partial charge in [-0.15, -0.1) is 0 Å². The summed E-state index contributed by atoms with van der Waals surface area (Å²) >= 11 is 0. The molecule has 2 heterocycles. The maximum Gasteiger partial charge on any atom is 0.457 e. The Labute approximate surface area is 263 Å². The summed E-state index contributed by atoms with van der Waals surface area (Å²) in [4.78, 5) is 53.5.